The lowest BCUT2D eigenvalue weighted by molar-refractivity contribution is -0.130. The summed E-state index contributed by atoms with van der Waals surface area (Å²) < 4.78 is 13.1. The van der Waals surface area contributed by atoms with Gasteiger partial charge in [-0.1, -0.05) is 30.3 Å². The number of benzene rings is 1. The smallest absolute Gasteiger partial charge is 0.253 e. The first-order valence-corrected chi connectivity index (χ1v) is 13.2. The van der Waals surface area contributed by atoms with Crippen LogP contribution in [0, 0.1) is 0 Å². The van der Waals surface area contributed by atoms with Gasteiger partial charge >= 0.3 is 0 Å². The number of hydrogen-bond donors (Lipinski definition) is 0. The first-order chi connectivity index (χ1) is 16.7. The number of hydrazone groups is 1. The first kappa shape index (κ1) is 22.9. The quantitative estimate of drug-likeness (QED) is 0.446. The Kier molecular flexibility index (Phi) is 6.87. The van der Waals surface area contributed by atoms with Crippen LogP contribution in [-0.4, -0.2) is 51.4 Å². The molecule has 1 atom stereocenters. The van der Waals surface area contributed by atoms with Crippen LogP contribution in [-0.2, 0) is 17.8 Å². The van der Waals surface area contributed by atoms with Gasteiger partial charge in [-0.25, -0.2) is 5.01 Å². The number of amides is 1. The van der Waals surface area contributed by atoms with Crippen LogP contribution in [0.25, 0.3) is 0 Å². The van der Waals surface area contributed by atoms with E-state index in [0.29, 0.717) is 17.9 Å². The number of fused-ring (bicyclic) bond motifs is 1. The van der Waals surface area contributed by atoms with Crippen molar-refractivity contribution in [3.63, 3.8) is 0 Å². The lowest BCUT2D eigenvalue weighted by atomic mass is 10.0. The average Bonchev–Trinajstić information content (AvgIpc) is 3.59. The molecule has 0 saturated heterocycles. The first-order valence-electron chi connectivity index (χ1n) is 11.4. The van der Waals surface area contributed by atoms with Gasteiger partial charge in [-0.3, -0.25) is 4.79 Å². The molecule has 0 N–H and O–H groups in total. The van der Waals surface area contributed by atoms with Crippen LogP contribution in [0.5, 0.6) is 11.5 Å². The third kappa shape index (κ3) is 4.56. The van der Waals surface area contributed by atoms with E-state index in [2.05, 4.69) is 14.8 Å². The van der Waals surface area contributed by atoms with E-state index in [1.807, 2.05) is 35.7 Å². The van der Waals surface area contributed by atoms with Crippen molar-refractivity contribution in [3.8, 4) is 11.5 Å². The summed E-state index contributed by atoms with van der Waals surface area (Å²) in [4.78, 5) is 14.5. The van der Waals surface area contributed by atoms with Crippen molar-refractivity contribution in [3.05, 3.63) is 52.0 Å². The zero-order valence-electron chi connectivity index (χ0n) is 19.3. The molecule has 178 valence electrons. The minimum absolute atomic E-state index is 0.0534. The minimum Gasteiger partial charge on any atom is -0.493 e. The molecule has 34 heavy (non-hydrogen) atoms. The molecular weight excluding hydrogens is 470 g/mol. The molecular formula is C24H27N5O3S2. The summed E-state index contributed by atoms with van der Waals surface area (Å²) in [7, 11) is 3.23. The van der Waals surface area contributed by atoms with Crippen LogP contribution in [0.1, 0.15) is 48.0 Å². The van der Waals surface area contributed by atoms with Crippen molar-refractivity contribution in [2.45, 2.75) is 49.8 Å². The molecule has 0 fully saturated rings. The van der Waals surface area contributed by atoms with Crippen LogP contribution in [0.15, 0.2) is 46.0 Å². The van der Waals surface area contributed by atoms with Crippen molar-refractivity contribution in [2.75, 3.05) is 20.0 Å². The second-order valence-corrected chi connectivity index (χ2v) is 10.1. The molecule has 0 spiro atoms. The van der Waals surface area contributed by atoms with E-state index >= 15 is 0 Å². The largest absolute Gasteiger partial charge is 0.493 e. The molecule has 1 aromatic carbocycles. The fourth-order valence-corrected chi connectivity index (χ4v) is 5.97. The number of thiophene rings is 1. The van der Waals surface area contributed by atoms with Gasteiger partial charge in [0.05, 0.1) is 36.6 Å². The number of thioether (sulfide) groups is 1. The number of ether oxygens (including phenoxy) is 2. The van der Waals surface area contributed by atoms with E-state index in [9.17, 15) is 4.79 Å². The van der Waals surface area contributed by atoms with E-state index in [1.54, 1.807) is 30.6 Å². The van der Waals surface area contributed by atoms with Crippen LogP contribution in [0.3, 0.4) is 0 Å². The average molecular weight is 498 g/mol. The third-order valence-corrected chi connectivity index (χ3v) is 8.03. The SMILES string of the molecule is COc1ccc(C2CC(c3cccs3)=NN2C(=O)CSc2nnc3n2CCCCC3)cc1OC. The Morgan fingerprint density at radius 2 is 2.03 bits per heavy atom. The maximum absolute atomic E-state index is 13.4. The summed E-state index contributed by atoms with van der Waals surface area (Å²) in [6, 6.07) is 9.63. The van der Waals surface area contributed by atoms with Crippen molar-refractivity contribution >= 4 is 34.7 Å². The second-order valence-electron chi connectivity index (χ2n) is 8.25. The van der Waals surface area contributed by atoms with E-state index in [-0.39, 0.29) is 17.7 Å². The number of carbonyl (C=O) groups is 1. The summed E-state index contributed by atoms with van der Waals surface area (Å²) in [5.41, 5.74) is 1.88. The van der Waals surface area contributed by atoms with Crippen molar-refractivity contribution in [1.82, 2.24) is 19.8 Å². The van der Waals surface area contributed by atoms with Gasteiger partial charge in [0, 0.05) is 19.4 Å². The van der Waals surface area contributed by atoms with Gasteiger partial charge in [-0.2, -0.15) is 5.10 Å². The van der Waals surface area contributed by atoms with Gasteiger partial charge in [0.25, 0.3) is 5.91 Å². The Morgan fingerprint density at radius 1 is 1.15 bits per heavy atom. The third-order valence-electron chi connectivity index (χ3n) is 6.16. The fraction of sp³-hybridized carbons (Fsp3) is 0.417. The van der Waals surface area contributed by atoms with Crippen LogP contribution < -0.4 is 9.47 Å². The zero-order valence-corrected chi connectivity index (χ0v) is 20.9. The Hall–Kier alpha value is -2.85. The highest BCUT2D eigenvalue weighted by Crippen LogP contribution is 2.38. The fourth-order valence-electron chi connectivity index (χ4n) is 4.41. The number of aryl methyl sites for hydroxylation is 1. The van der Waals surface area contributed by atoms with Crippen molar-refractivity contribution in [2.24, 2.45) is 5.10 Å². The standard InChI is InChI=1S/C24H27N5O3S2/c1-31-19-10-9-16(13-20(19)32-2)18-14-17(21-7-6-12-33-21)27-29(18)23(30)15-34-24-26-25-22-8-4-3-5-11-28(22)24/h6-7,9-10,12-13,18H,3-5,8,11,14-15H2,1-2H3. The predicted molar refractivity (Wildman–Crippen MR) is 133 cm³/mol. The van der Waals surface area contributed by atoms with E-state index < -0.39 is 0 Å². The number of rotatable bonds is 7. The maximum atomic E-state index is 13.4. The second kappa shape index (κ2) is 10.2. The number of nitrogens with zero attached hydrogens (tertiary/aromatic N) is 5. The van der Waals surface area contributed by atoms with Gasteiger partial charge in [0.1, 0.15) is 5.82 Å². The summed E-state index contributed by atoms with van der Waals surface area (Å²) in [5.74, 6) is 2.52. The van der Waals surface area contributed by atoms with Crippen LogP contribution in [0.4, 0.5) is 0 Å². The molecule has 1 unspecified atom stereocenters. The van der Waals surface area contributed by atoms with E-state index in [0.717, 1.165) is 52.9 Å². The van der Waals surface area contributed by atoms with E-state index in [4.69, 9.17) is 14.6 Å². The molecule has 0 radical (unpaired) electrons. The molecule has 0 aliphatic carbocycles. The summed E-state index contributed by atoms with van der Waals surface area (Å²) in [5, 5.41) is 17.9. The highest BCUT2D eigenvalue weighted by atomic mass is 32.2. The molecule has 5 rings (SSSR count). The van der Waals surface area contributed by atoms with Crippen LogP contribution in [0.2, 0.25) is 0 Å². The number of carbonyl (C=O) groups excluding carboxylic acids is 1. The zero-order chi connectivity index (χ0) is 23.5. The molecule has 0 saturated carbocycles. The predicted octanol–water partition coefficient (Wildman–Crippen LogP) is 4.55. The van der Waals surface area contributed by atoms with Gasteiger partial charge in [0.2, 0.25) is 0 Å². The molecule has 8 nitrogen and oxygen atoms in total. The molecule has 2 aliphatic heterocycles. The molecule has 0 bridgehead atoms. The Morgan fingerprint density at radius 3 is 2.82 bits per heavy atom. The molecule has 3 aromatic rings. The normalized spacial score (nSPS) is 17.8. The highest BCUT2D eigenvalue weighted by molar-refractivity contribution is 7.99. The lowest BCUT2D eigenvalue weighted by Gasteiger charge is -2.22. The monoisotopic (exact) mass is 497 g/mol. The molecule has 10 heteroatoms. The Labute approximate surface area is 207 Å². The number of hydrogen-bond acceptors (Lipinski definition) is 8. The van der Waals surface area contributed by atoms with Gasteiger partial charge < -0.3 is 14.0 Å². The highest BCUT2D eigenvalue weighted by Gasteiger charge is 2.34. The molecule has 4 heterocycles. The van der Waals surface area contributed by atoms with Gasteiger partial charge in [-0.05, 0) is 42.0 Å². The lowest BCUT2D eigenvalue weighted by Crippen LogP contribution is -2.28. The van der Waals surface area contributed by atoms with Gasteiger partial charge in [-0.15, -0.1) is 21.5 Å². The minimum atomic E-state index is -0.208. The topological polar surface area (TPSA) is 81.8 Å². The van der Waals surface area contributed by atoms with Crippen molar-refractivity contribution < 1.29 is 14.3 Å². The summed E-state index contributed by atoms with van der Waals surface area (Å²) in [6.45, 7) is 0.914. The van der Waals surface area contributed by atoms with Gasteiger partial charge in [0.15, 0.2) is 16.7 Å². The molecule has 2 aromatic heterocycles. The Bertz CT molecular complexity index is 1190. The van der Waals surface area contributed by atoms with E-state index in [1.165, 1.54) is 18.2 Å². The van der Waals surface area contributed by atoms with Crippen LogP contribution >= 0.6 is 23.1 Å². The summed E-state index contributed by atoms with van der Waals surface area (Å²) in [6.07, 6.45) is 5.06. The van der Waals surface area contributed by atoms with Crippen molar-refractivity contribution in [1.29, 1.82) is 0 Å². The Balaban J connectivity index is 1.38. The molecule has 1 amide bonds. The number of aromatic nitrogens is 3. The maximum Gasteiger partial charge on any atom is 0.253 e. The molecule has 2 aliphatic rings. The summed E-state index contributed by atoms with van der Waals surface area (Å²) >= 11 is 3.08. The number of methoxy groups -OCH3 is 2.